The number of H-pyrrole nitrogens is 1. The number of hydrogen-bond acceptors (Lipinski definition) is 3. The minimum Gasteiger partial charge on any atom is -0.368 e. The molecule has 4 heteroatoms. The highest BCUT2D eigenvalue weighted by molar-refractivity contribution is 5.48. The molecule has 0 saturated carbocycles. The maximum atomic E-state index is 4.50. The number of anilines is 1. The van der Waals surface area contributed by atoms with Gasteiger partial charge in [-0.15, -0.1) is 0 Å². The summed E-state index contributed by atoms with van der Waals surface area (Å²) in [5, 5.41) is 11.3. The predicted molar refractivity (Wildman–Crippen MR) is 73.9 cm³/mol. The minimum absolute atomic E-state index is 0.569. The van der Waals surface area contributed by atoms with Gasteiger partial charge in [-0.25, -0.2) is 0 Å². The van der Waals surface area contributed by atoms with E-state index in [0.29, 0.717) is 6.04 Å². The second-order valence-electron chi connectivity index (χ2n) is 5.49. The molecule has 0 spiro atoms. The van der Waals surface area contributed by atoms with Crippen LogP contribution in [-0.4, -0.2) is 34.7 Å². The van der Waals surface area contributed by atoms with Crippen molar-refractivity contribution in [3.05, 3.63) is 11.3 Å². The summed E-state index contributed by atoms with van der Waals surface area (Å²) in [7, 11) is 0. The highest BCUT2D eigenvalue weighted by Gasteiger charge is 2.28. The first-order valence-electron chi connectivity index (χ1n) is 7.45. The molecule has 1 atom stereocenters. The normalized spacial score (nSPS) is 25.3. The van der Waals surface area contributed by atoms with Gasteiger partial charge in [-0.2, -0.15) is 5.10 Å². The van der Waals surface area contributed by atoms with Crippen molar-refractivity contribution in [1.82, 2.24) is 15.1 Å². The van der Waals surface area contributed by atoms with Crippen LogP contribution >= 0.6 is 0 Å². The Morgan fingerprint density at radius 3 is 3.11 bits per heavy atom. The van der Waals surface area contributed by atoms with Gasteiger partial charge in [0.1, 0.15) is 0 Å². The average Bonchev–Trinajstić information content (AvgIpc) is 2.67. The molecule has 100 valence electrons. The van der Waals surface area contributed by atoms with E-state index in [2.05, 4.69) is 27.3 Å². The molecule has 0 radical (unpaired) electrons. The fourth-order valence-electron chi connectivity index (χ4n) is 3.38. The van der Waals surface area contributed by atoms with Gasteiger partial charge in [0.05, 0.1) is 11.7 Å². The van der Waals surface area contributed by atoms with Crippen LogP contribution in [0.3, 0.4) is 0 Å². The van der Waals surface area contributed by atoms with Crippen molar-refractivity contribution in [3.63, 3.8) is 0 Å². The Balaban J connectivity index is 1.88. The van der Waals surface area contributed by atoms with Crippen LogP contribution in [0.25, 0.3) is 0 Å². The number of nitrogens with one attached hydrogen (secondary N) is 2. The molecule has 2 aliphatic heterocycles. The summed E-state index contributed by atoms with van der Waals surface area (Å²) in [6.45, 7) is 5.72. The van der Waals surface area contributed by atoms with Gasteiger partial charge in [0.25, 0.3) is 0 Å². The molecular weight excluding hydrogens is 224 g/mol. The molecule has 0 amide bonds. The molecule has 0 unspecified atom stereocenters. The van der Waals surface area contributed by atoms with Crippen LogP contribution in [0.4, 0.5) is 5.82 Å². The van der Waals surface area contributed by atoms with Gasteiger partial charge in [-0.1, -0.05) is 13.3 Å². The molecule has 18 heavy (non-hydrogen) atoms. The van der Waals surface area contributed by atoms with Crippen molar-refractivity contribution in [2.45, 2.75) is 51.5 Å². The van der Waals surface area contributed by atoms with E-state index < -0.39 is 0 Å². The number of aromatic nitrogens is 2. The van der Waals surface area contributed by atoms with Crippen LogP contribution in [0.15, 0.2) is 0 Å². The fraction of sp³-hybridized carbons (Fsp3) is 0.786. The Morgan fingerprint density at radius 1 is 1.28 bits per heavy atom. The summed E-state index contributed by atoms with van der Waals surface area (Å²) in [5.74, 6) is 1.11. The first-order valence-corrected chi connectivity index (χ1v) is 7.45. The molecule has 2 aliphatic rings. The van der Waals surface area contributed by atoms with Crippen LogP contribution in [0.5, 0.6) is 0 Å². The summed E-state index contributed by atoms with van der Waals surface area (Å²) in [6, 6.07) is 0.569. The number of hydrogen-bond donors (Lipinski definition) is 2. The van der Waals surface area contributed by atoms with Crippen LogP contribution in [-0.2, 0) is 6.42 Å². The number of fused-ring (bicyclic) bond motifs is 1. The molecule has 0 aliphatic carbocycles. The number of nitrogens with zero attached hydrogens (tertiary/aromatic N) is 2. The van der Waals surface area contributed by atoms with Crippen LogP contribution in [0.1, 0.15) is 56.3 Å². The Hall–Kier alpha value is -1.03. The van der Waals surface area contributed by atoms with Crippen LogP contribution in [0, 0.1) is 0 Å². The molecule has 0 bridgehead atoms. The van der Waals surface area contributed by atoms with Crippen molar-refractivity contribution >= 4 is 5.82 Å². The van der Waals surface area contributed by atoms with E-state index in [1.165, 1.54) is 56.3 Å². The van der Waals surface area contributed by atoms with Gasteiger partial charge in [0.15, 0.2) is 5.82 Å². The largest absolute Gasteiger partial charge is 0.368 e. The van der Waals surface area contributed by atoms with E-state index in [1.807, 2.05) is 0 Å². The van der Waals surface area contributed by atoms with E-state index in [9.17, 15) is 0 Å². The highest BCUT2D eigenvalue weighted by atomic mass is 15.2. The second kappa shape index (κ2) is 5.31. The topological polar surface area (TPSA) is 44.0 Å². The summed E-state index contributed by atoms with van der Waals surface area (Å²) < 4.78 is 0. The van der Waals surface area contributed by atoms with Crippen molar-refractivity contribution < 1.29 is 0 Å². The Bertz CT molecular complexity index is 398. The second-order valence-corrected chi connectivity index (χ2v) is 5.49. The lowest BCUT2D eigenvalue weighted by Crippen LogP contribution is -2.33. The number of rotatable bonds is 2. The molecule has 1 saturated heterocycles. The number of aromatic amines is 1. The van der Waals surface area contributed by atoms with Gasteiger partial charge in [0, 0.05) is 12.1 Å². The van der Waals surface area contributed by atoms with Gasteiger partial charge >= 0.3 is 0 Å². The quantitative estimate of drug-likeness (QED) is 0.845. The summed E-state index contributed by atoms with van der Waals surface area (Å²) >= 11 is 0. The third-order valence-electron chi connectivity index (χ3n) is 4.40. The first-order chi connectivity index (χ1) is 8.90. The van der Waals surface area contributed by atoms with Gasteiger partial charge in [-0.3, -0.25) is 10.00 Å². The van der Waals surface area contributed by atoms with E-state index >= 15 is 0 Å². The lowest BCUT2D eigenvalue weighted by Gasteiger charge is -2.34. The molecule has 1 fully saturated rings. The molecular formula is C14H24N4. The smallest absolute Gasteiger partial charge is 0.151 e. The molecule has 4 nitrogen and oxygen atoms in total. The van der Waals surface area contributed by atoms with E-state index in [1.54, 1.807) is 0 Å². The van der Waals surface area contributed by atoms with E-state index in [4.69, 9.17) is 0 Å². The maximum Gasteiger partial charge on any atom is 0.151 e. The summed E-state index contributed by atoms with van der Waals surface area (Å²) in [4.78, 5) is 2.60. The maximum absolute atomic E-state index is 4.50. The Labute approximate surface area is 109 Å². The fourth-order valence-corrected chi connectivity index (χ4v) is 3.38. The first kappa shape index (κ1) is 12.0. The number of piperidine rings is 1. The van der Waals surface area contributed by atoms with Crippen LogP contribution in [0.2, 0.25) is 0 Å². The van der Waals surface area contributed by atoms with Crippen molar-refractivity contribution in [3.8, 4) is 0 Å². The third-order valence-corrected chi connectivity index (χ3v) is 4.40. The lowest BCUT2D eigenvalue weighted by atomic mass is 9.95. The van der Waals surface area contributed by atoms with Crippen LogP contribution < -0.4 is 5.32 Å². The monoisotopic (exact) mass is 248 g/mol. The predicted octanol–water partition coefficient (Wildman–Crippen LogP) is 2.70. The summed E-state index contributed by atoms with van der Waals surface area (Å²) in [6.07, 6.45) is 7.70. The molecule has 1 aromatic rings. The van der Waals surface area contributed by atoms with Crippen molar-refractivity contribution in [2.24, 2.45) is 0 Å². The average molecular weight is 248 g/mol. The minimum atomic E-state index is 0.569. The number of likely N-dealkylation sites (tertiary alicyclic amines) is 1. The summed E-state index contributed by atoms with van der Waals surface area (Å²) in [5.41, 5.74) is 2.85. The van der Waals surface area contributed by atoms with Gasteiger partial charge < -0.3 is 5.32 Å². The van der Waals surface area contributed by atoms with E-state index in [0.717, 1.165) is 18.9 Å². The molecule has 3 heterocycles. The molecule has 3 rings (SSSR count). The molecule has 0 aromatic carbocycles. The lowest BCUT2D eigenvalue weighted by molar-refractivity contribution is 0.153. The zero-order valence-corrected chi connectivity index (χ0v) is 11.3. The molecule has 1 aromatic heterocycles. The zero-order valence-electron chi connectivity index (χ0n) is 11.3. The van der Waals surface area contributed by atoms with E-state index in [-0.39, 0.29) is 0 Å². The third kappa shape index (κ3) is 2.14. The Morgan fingerprint density at radius 2 is 2.22 bits per heavy atom. The zero-order chi connectivity index (χ0) is 12.4. The molecule has 2 N–H and O–H groups in total. The van der Waals surface area contributed by atoms with Crippen molar-refractivity contribution in [2.75, 3.05) is 25.0 Å². The van der Waals surface area contributed by atoms with Gasteiger partial charge in [-0.05, 0) is 45.2 Å². The highest BCUT2D eigenvalue weighted by Crippen LogP contribution is 2.35. The van der Waals surface area contributed by atoms with Gasteiger partial charge in [0.2, 0.25) is 0 Å². The Kier molecular flexibility index (Phi) is 3.55. The standard InChI is InChI=1S/C14H24N4/c1-2-18-10-6-4-8-12(18)13-11-7-3-5-9-15-14(11)17-16-13/h12H,2-10H2,1H3,(H2,15,16,17)/t12-/m0/s1. The SMILES string of the molecule is CCN1CCCC[C@H]1c1[nH]nc2c1CCCCN2. The van der Waals surface area contributed by atoms with Crippen molar-refractivity contribution in [1.29, 1.82) is 0 Å².